The molecule has 0 bridgehead atoms. The predicted molar refractivity (Wildman–Crippen MR) is 77.0 cm³/mol. The highest BCUT2D eigenvalue weighted by Gasteiger charge is 2.05. The van der Waals surface area contributed by atoms with E-state index in [4.69, 9.17) is 10.5 Å². The zero-order chi connectivity index (χ0) is 13.9. The Bertz CT molecular complexity index is 722. The number of benzene rings is 2. The summed E-state index contributed by atoms with van der Waals surface area (Å²) in [6.45, 7) is 1.93. The van der Waals surface area contributed by atoms with Crippen LogP contribution in [-0.4, -0.2) is 14.8 Å². The number of aryl methyl sites for hydroxylation is 1. The van der Waals surface area contributed by atoms with E-state index < -0.39 is 0 Å². The van der Waals surface area contributed by atoms with Crippen molar-refractivity contribution in [2.24, 2.45) is 0 Å². The average molecular weight is 266 g/mol. The molecule has 0 aliphatic heterocycles. The summed E-state index contributed by atoms with van der Waals surface area (Å²) in [5.41, 5.74) is 8.40. The van der Waals surface area contributed by atoms with Crippen molar-refractivity contribution >= 4 is 5.69 Å². The van der Waals surface area contributed by atoms with Crippen molar-refractivity contribution in [2.75, 3.05) is 5.73 Å². The van der Waals surface area contributed by atoms with Crippen molar-refractivity contribution in [3.8, 4) is 17.4 Å². The SMILES string of the molecule is Cc1cc(Oc2ncn(-c3ccccc3)n2)ccc1N. The molecule has 5 heteroatoms. The number of hydrogen-bond acceptors (Lipinski definition) is 4. The molecule has 0 unspecified atom stereocenters. The Balaban J connectivity index is 1.82. The molecule has 0 aliphatic rings. The molecule has 0 fully saturated rings. The summed E-state index contributed by atoms with van der Waals surface area (Å²) in [5.74, 6) is 0.669. The van der Waals surface area contributed by atoms with Gasteiger partial charge in [0.1, 0.15) is 12.1 Å². The summed E-state index contributed by atoms with van der Waals surface area (Å²) < 4.78 is 7.28. The van der Waals surface area contributed by atoms with Gasteiger partial charge in [-0.15, -0.1) is 5.10 Å². The van der Waals surface area contributed by atoms with Crippen LogP contribution >= 0.6 is 0 Å². The van der Waals surface area contributed by atoms with Gasteiger partial charge in [-0.25, -0.2) is 4.68 Å². The number of para-hydroxylation sites is 1. The highest BCUT2D eigenvalue weighted by atomic mass is 16.5. The molecule has 1 aromatic heterocycles. The van der Waals surface area contributed by atoms with E-state index in [1.54, 1.807) is 23.1 Å². The lowest BCUT2D eigenvalue weighted by Gasteiger charge is -2.04. The Morgan fingerprint density at radius 3 is 2.65 bits per heavy atom. The van der Waals surface area contributed by atoms with E-state index in [-0.39, 0.29) is 0 Å². The Morgan fingerprint density at radius 1 is 1.10 bits per heavy atom. The molecule has 0 amide bonds. The van der Waals surface area contributed by atoms with Gasteiger partial charge in [0.05, 0.1) is 5.69 Å². The number of aromatic nitrogens is 3. The van der Waals surface area contributed by atoms with Gasteiger partial charge in [0, 0.05) is 5.69 Å². The molecule has 20 heavy (non-hydrogen) atoms. The molecule has 2 N–H and O–H groups in total. The fourth-order valence-corrected chi connectivity index (χ4v) is 1.82. The minimum Gasteiger partial charge on any atom is -0.423 e. The predicted octanol–water partition coefficient (Wildman–Crippen LogP) is 2.95. The Hall–Kier alpha value is -2.82. The molecule has 3 rings (SSSR count). The highest BCUT2D eigenvalue weighted by molar-refractivity contribution is 5.49. The van der Waals surface area contributed by atoms with E-state index in [2.05, 4.69) is 10.1 Å². The lowest BCUT2D eigenvalue weighted by Crippen LogP contribution is -1.95. The van der Waals surface area contributed by atoms with Crippen LogP contribution in [0.4, 0.5) is 5.69 Å². The molecule has 0 saturated carbocycles. The third kappa shape index (κ3) is 2.47. The molecule has 1 heterocycles. The van der Waals surface area contributed by atoms with E-state index >= 15 is 0 Å². The third-order valence-corrected chi connectivity index (χ3v) is 2.94. The summed E-state index contributed by atoms with van der Waals surface area (Å²) >= 11 is 0. The maximum Gasteiger partial charge on any atom is 0.341 e. The van der Waals surface area contributed by atoms with Gasteiger partial charge in [-0.05, 0) is 42.8 Å². The van der Waals surface area contributed by atoms with Crippen LogP contribution < -0.4 is 10.5 Å². The van der Waals surface area contributed by atoms with E-state index in [0.717, 1.165) is 16.9 Å². The highest BCUT2D eigenvalue weighted by Crippen LogP contribution is 2.22. The van der Waals surface area contributed by atoms with E-state index in [1.165, 1.54) is 0 Å². The van der Waals surface area contributed by atoms with Gasteiger partial charge in [0.25, 0.3) is 0 Å². The van der Waals surface area contributed by atoms with Crippen LogP contribution in [0.5, 0.6) is 11.8 Å². The molecule has 0 saturated heterocycles. The van der Waals surface area contributed by atoms with Gasteiger partial charge in [0.15, 0.2) is 0 Å². The number of hydrogen-bond donors (Lipinski definition) is 1. The minimum absolute atomic E-state index is 0.304. The number of anilines is 1. The monoisotopic (exact) mass is 266 g/mol. The van der Waals surface area contributed by atoms with Crippen molar-refractivity contribution in [3.05, 3.63) is 60.4 Å². The van der Waals surface area contributed by atoms with Crippen LogP contribution in [-0.2, 0) is 0 Å². The zero-order valence-electron chi connectivity index (χ0n) is 11.0. The second-order valence-corrected chi connectivity index (χ2v) is 4.43. The first-order valence-electron chi connectivity index (χ1n) is 6.23. The number of nitrogen functional groups attached to an aromatic ring is 1. The van der Waals surface area contributed by atoms with Crippen molar-refractivity contribution in [1.82, 2.24) is 14.8 Å². The number of nitrogens with two attached hydrogens (primary N) is 1. The van der Waals surface area contributed by atoms with Crippen molar-refractivity contribution < 1.29 is 4.74 Å². The van der Waals surface area contributed by atoms with Crippen molar-refractivity contribution in [2.45, 2.75) is 6.92 Å². The van der Waals surface area contributed by atoms with Gasteiger partial charge < -0.3 is 10.5 Å². The van der Waals surface area contributed by atoms with E-state index in [0.29, 0.717) is 11.8 Å². The molecule has 0 aliphatic carbocycles. The average Bonchev–Trinajstić information content (AvgIpc) is 2.92. The number of nitrogens with zero attached hydrogens (tertiary/aromatic N) is 3. The Morgan fingerprint density at radius 2 is 1.90 bits per heavy atom. The Kier molecular flexibility index (Phi) is 3.09. The van der Waals surface area contributed by atoms with E-state index in [9.17, 15) is 0 Å². The van der Waals surface area contributed by atoms with Gasteiger partial charge in [-0.3, -0.25) is 0 Å². The summed E-state index contributed by atoms with van der Waals surface area (Å²) in [4.78, 5) is 4.14. The van der Waals surface area contributed by atoms with Crippen molar-refractivity contribution in [3.63, 3.8) is 0 Å². The van der Waals surface area contributed by atoms with Crippen LogP contribution in [0.1, 0.15) is 5.56 Å². The van der Waals surface area contributed by atoms with Gasteiger partial charge in [-0.1, -0.05) is 18.2 Å². The molecule has 0 radical (unpaired) electrons. The van der Waals surface area contributed by atoms with Gasteiger partial charge in [0.2, 0.25) is 0 Å². The fraction of sp³-hybridized carbons (Fsp3) is 0.0667. The zero-order valence-corrected chi connectivity index (χ0v) is 11.0. The Labute approximate surface area is 116 Å². The lowest BCUT2D eigenvalue weighted by atomic mass is 10.2. The first-order valence-corrected chi connectivity index (χ1v) is 6.23. The summed E-state index contributed by atoms with van der Waals surface area (Å²) in [6, 6.07) is 15.5. The summed E-state index contributed by atoms with van der Waals surface area (Å²) in [7, 11) is 0. The van der Waals surface area contributed by atoms with Crippen LogP contribution in [0.3, 0.4) is 0 Å². The maximum atomic E-state index is 5.77. The largest absolute Gasteiger partial charge is 0.423 e. The van der Waals surface area contributed by atoms with Crippen molar-refractivity contribution in [1.29, 1.82) is 0 Å². The van der Waals surface area contributed by atoms with Crippen LogP contribution in [0.15, 0.2) is 54.9 Å². The smallest absolute Gasteiger partial charge is 0.341 e. The van der Waals surface area contributed by atoms with Gasteiger partial charge >= 0.3 is 6.01 Å². The molecule has 3 aromatic rings. The molecular formula is C15H14N4O. The molecule has 100 valence electrons. The molecular weight excluding hydrogens is 252 g/mol. The van der Waals surface area contributed by atoms with Gasteiger partial charge in [-0.2, -0.15) is 4.98 Å². The number of rotatable bonds is 3. The standard InChI is InChI=1S/C15H14N4O/c1-11-9-13(7-8-14(11)16)20-15-17-10-19(18-15)12-5-3-2-4-6-12/h2-10H,16H2,1H3. The quantitative estimate of drug-likeness (QED) is 0.740. The fourth-order valence-electron chi connectivity index (χ4n) is 1.82. The van der Waals surface area contributed by atoms with Crippen LogP contribution in [0.2, 0.25) is 0 Å². The number of ether oxygens (including phenoxy) is 1. The molecule has 2 aromatic carbocycles. The molecule has 0 atom stereocenters. The topological polar surface area (TPSA) is 66.0 Å². The third-order valence-electron chi connectivity index (χ3n) is 2.94. The van der Waals surface area contributed by atoms with Crippen LogP contribution in [0.25, 0.3) is 5.69 Å². The summed E-state index contributed by atoms with van der Waals surface area (Å²) in [5, 5.41) is 4.28. The van der Waals surface area contributed by atoms with Crippen LogP contribution in [0, 0.1) is 6.92 Å². The lowest BCUT2D eigenvalue weighted by molar-refractivity contribution is 0.441. The maximum absolute atomic E-state index is 5.77. The summed E-state index contributed by atoms with van der Waals surface area (Å²) in [6.07, 6.45) is 1.62. The van der Waals surface area contributed by atoms with E-state index in [1.807, 2.05) is 43.3 Å². The normalized spacial score (nSPS) is 10.4. The molecule has 5 nitrogen and oxygen atoms in total. The minimum atomic E-state index is 0.304. The molecule has 0 spiro atoms. The second-order valence-electron chi connectivity index (χ2n) is 4.43. The first kappa shape index (κ1) is 12.2. The second kappa shape index (κ2) is 5.05. The first-order chi connectivity index (χ1) is 9.72.